The van der Waals surface area contributed by atoms with E-state index in [1.807, 2.05) is 24.4 Å². The van der Waals surface area contributed by atoms with Crippen LogP contribution in [0.5, 0.6) is 5.75 Å². The number of nitrogens with zero attached hydrogens (tertiary/aromatic N) is 2. The molecule has 1 fully saturated rings. The summed E-state index contributed by atoms with van der Waals surface area (Å²) in [6, 6.07) is 8.07. The molecular formula is C16H20N4O. The summed E-state index contributed by atoms with van der Waals surface area (Å²) in [5.41, 5.74) is 5.61. The standard InChI is InChI=1S/C16H20N4O/c1-21-13-2-3-14-12(10-13)4-7-19-16(14)20-8-5-11(6-9-20)15(17)18/h2-4,7,10-11H,5-6,8-9H2,1H3,(H3,17,18). The van der Waals surface area contributed by atoms with Crippen LogP contribution >= 0.6 is 0 Å². The Morgan fingerprint density at radius 2 is 2.10 bits per heavy atom. The Kier molecular flexibility index (Phi) is 3.64. The minimum atomic E-state index is 0.219. The first-order valence-electron chi connectivity index (χ1n) is 7.20. The van der Waals surface area contributed by atoms with Gasteiger partial charge >= 0.3 is 0 Å². The molecule has 5 nitrogen and oxygen atoms in total. The molecule has 2 heterocycles. The van der Waals surface area contributed by atoms with E-state index in [0.717, 1.165) is 48.3 Å². The molecule has 0 unspecified atom stereocenters. The highest BCUT2D eigenvalue weighted by Gasteiger charge is 2.23. The maximum atomic E-state index is 7.56. The summed E-state index contributed by atoms with van der Waals surface area (Å²) in [5.74, 6) is 2.40. The minimum absolute atomic E-state index is 0.219. The number of nitrogens with one attached hydrogen (secondary N) is 1. The van der Waals surface area contributed by atoms with Crippen LogP contribution in [0, 0.1) is 11.3 Å². The molecule has 0 radical (unpaired) electrons. The number of methoxy groups -OCH3 is 1. The van der Waals surface area contributed by atoms with Gasteiger partial charge in [0.15, 0.2) is 0 Å². The van der Waals surface area contributed by atoms with Gasteiger partial charge in [0.2, 0.25) is 0 Å². The number of pyridine rings is 1. The van der Waals surface area contributed by atoms with Crippen LogP contribution in [0.2, 0.25) is 0 Å². The van der Waals surface area contributed by atoms with E-state index in [4.69, 9.17) is 15.9 Å². The van der Waals surface area contributed by atoms with E-state index < -0.39 is 0 Å². The van der Waals surface area contributed by atoms with E-state index in [1.165, 1.54) is 0 Å². The molecule has 21 heavy (non-hydrogen) atoms. The van der Waals surface area contributed by atoms with E-state index in [2.05, 4.69) is 16.0 Å². The van der Waals surface area contributed by atoms with Gasteiger partial charge in [-0.1, -0.05) is 0 Å². The zero-order chi connectivity index (χ0) is 14.8. The number of aromatic nitrogens is 1. The second-order valence-corrected chi connectivity index (χ2v) is 5.44. The number of benzene rings is 1. The van der Waals surface area contributed by atoms with Gasteiger partial charge in [0.25, 0.3) is 0 Å². The van der Waals surface area contributed by atoms with E-state index >= 15 is 0 Å². The summed E-state index contributed by atoms with van der Waals surface area (Å²) in [7, 11) is 1.68. The zero-order valence-electron chi connectivity index (χ0n) is 12.2. The van der Waals surface area contributed by atoms with E-state index in [1.54, 1.807) is 7.11 Å². The van der Waals surface area contributed by atoms with Gasteiger partial charge in [0.05, 0.1) is 12.9 Å². The number of amidine groups is 1. The maximum absolute atomic E-state index is 7.56. The fraction of sp³-hybridized carbons (Fsp3) is 0.375. The number of ether oxygens (including phenoxy) is 1. The Morgan fingerprint density at radius 3 is 2.76 bits per heavy atom. The SMILES string of the molecule is COc1ccc2c(N3CCC(C(=N)N)CC3)nccc2c1. The maximum Gasteiger partial charge on any atom is 0.136 e. The molecule has 0 atom stereocenters. The van der Waals surface area contributed by atoms with Gasteiger partial charge in [-0.05, 0) is 42.5 Å². The van der Waals surface area contributed by atoms with Crippen LogP contribution in [-0.2, 0) is 0 Å². The first-order valence-corrected chi connectivity index (χ1v) is 7.20. The third-order valence-corrected chi connectivity index (χ3v) is 4.18. The zero-order valence-corrected chi connectivity index (χ0v) is 12.2. The van der Waals surface area contributed by atoms with Gasteiger partial charge in [-0.15, -0.1) is 0 Å². The van der Waals surface area contributed by atoms with Crippen molar-refractivity contribution in [1.82, 2.24) is 4.98 Å². The van der Waals surface area contributed by atoms with Crippen molar-refractivity contribution in [3.63, 3.8) is 0 Å². The predicted molar refractivity (Wildman–Crippen MR) is 85.1 cm³/mol. The van der Waals surface area contributed by atoms with Crippen LogP contribution in [0.3, 0.4) is 0 Å². The van der Waals surface area contributed by atoms with Gasteiger partial charge < -0.3 is 15.4 Å². The number of piperidine rings is 1. The molecule has 0 spiro atoms. The second kappa shape index (κ2) is 5.60. The van der Waals surface area contributed by atoms with Crippen molar-refractivity contribution in [1.29, 1.82) is 5.41 Å². The van der Waals surface area contributed by atoms with Gasteiger partial charge in [0.1, 0.15) is 11.6 Å². The summed E-state index contributed by atoms with van der Waals surface area (Å²) >= 11 is 0. The quantitative estimate of drug-likeness (QED) is 0.670. The Bertz CT molecular complexity index is 662. The fourth-order valence-electron chi connectivity index (χ4n) is 2.92. The summed E-state index contributed by atoms with van der Waals surface area (Å²) in [5, 5.41) is 9.84. The lowest BCUT2D eigenvalue weighted by Gasteiger charge is -2.32. The molecule has 3 rings (SSSR count). The molecule has 0 bridgehead atoms. The van der Waals surface area contributed by atoms with Crippen LogP contribution in [0.25, 0.3) is 10.8 Å². The van der Waals surface area contributed by atoms with Crippen molar-refractivity contribution in [2.24, 2.45) is 11.7 Å². The average molecular weight is 284 g/mol. The van der Waals surface area contributed by atoms with Crippen LogP contribution in [-0.4, -0.2) is 31.0 Å². The summed E-state index contributed by atoms with van der Waals surface area (Å²) in [6.07, 6.45) is 3.68. The Balaban J connectivity index is 1.89. The van der Waals surface area contributed by atoms with Crippen molar-refractivity contribution < 1.29 is 4.74 Å². The number of hydrogen-bond acceptors (Lipinski definition) is 4. The van der Waals surface area contributed by atoms with Gasteiger partial charge in [-0.25, -0.2) is 4.98 Å². The fourth-order valence-corrected chi connectivity index (χ4v) is 2.92. The van der Waals surface area contributed by atoms with Crippen molar-refractivity contribution in [2.75, 3.05) is 25.1 Å². The molecule has 1 aliphatic heterocycles. The topological polar surface area (TPSA) is 75.2 Å². The van der Waals surface area contributed by atoms with E-state index in [-0.39, 0.29) is 5.92 Å². The molecule has 3 N–H and O–H groups in total. The van der Waals surface area contributed by atoms with Crippen molar-refractivity contribution in [3.8, 4) is 5.75 Å². The first-order chi connectivity index (χ1) is 10.2. The smallest absolute Gasteiger partial charge is 0.136 e. The van der Waals surface area contributed by atoms with Gasteiger partial charge in [0, 0.05) is 30.6 Å². The highest BCUT2D eigenvalue weighted by Crippen LogP contribution is 2.30. The largest absolute Gasteiger partial charge is 0.497 e. The van der Waals surface area contributed by atoms with Crippen molar-refractivity contribution in [2.45, 2.75) is 12.8 Å². The normalized spacial score (nSPS) is 16.1. The summed E-state index contributed by atoms with van der Waals surface area (Å²) in [4.78, 5) is 6.84. The van der Waals surface area contributed by atoms with Crippen LogP contribution < -0.4 is 15.4 Å². The first kappa shape index (κ1) is 13.7. The molecule has 5 heteroatoms. The minimum Gasteiger partial charge on any atom is -0.497 e. The molecule has 1 aromatic heterocycles. The van der Waals surface area contributed by atoms with Crippen LogP contribution in [0.4, 0.5) is 5.82 Å². The number of fused-ring (bicyclic) bond motifs is 1. The molecule has 110 valence electrons. The number of rotatable bonds is 3. The molecule has 2 aromatic rings. The monoisotopic (exact) mass is 284 g/mol. The van der Waals surface area contributed by atoms with Crippen molar-refractivity contribution >= 4 is 22.4 Å². The van der Waals surface area contributed by atoms with E-state index in [9.17, 15) is 0 Å². The summed E-state index contributed by atoms with van der Waals surface area (Å²) in [6.45, 7) is 1.78. The van der Waals surface area contributed by atoms with E-state index in [0.29, 0.717) is 5.84 Å². The van der Waals surface area contributed by atoms with Crippen LogP contribution in [0.15, 0.2) is 30.5 Å². The third-order valence-electron chi connectivity index (χ3n) is 4.18. The third kappa shape index (κ3) is 2.63. The summed E-state index contributed by atoms with van der Waals surface area (Å²) < 4.78 is 5.28. The molecule has 0 amide bonds. The van der Waals surface area contributed by atoms with Crippen molar-refractivity contribution in [3.05, 3.63) is 30.5 Å². The molecular weight excluding hydrogens is 264 g/mol. The van der Waals surface area contributed by atoms with Gasteiger partial charge in [-0.2, -0.15) is 0 Å². The molecule has 1 saturated heterocycles. The molecule has 1 aliphatic rings. The molecule has 0 aliphatic carbocycles. The Morgan fingerprint density at radius 1 is 1.33 bits per heavy atom. The lowest BCUT2D eigenvalue weighted by molar-refractivity contribution is 0.415. The average Bonchev–Trinajstić information content (AvgIpc) is 2.53. The highest BCUT2D eigenvalue weighted by molar-refractivity contribution is 5.93. The van der Waals surface area contributed by atoms with Crippen LogP contribution in [0.1, 0.15) is 12.8 Å². The van der Waals surface area contributed by atoms with Gasteiger partial charge in [-0.3, -0.25) is 5.41 Å². The molecule has 1 aromatic carbocycles. The lowest BCUT2D eigenvalue weighted by Crippen LogP contribution is -2.38. The number of nitrogens with two attached hydrogens (primary N) is 1. The number of anilines is 1. The Hall–Kier alpha value is -2.30. The second-order valence-electron chi connectivity index (χ2n) is 5.44. The Labute approximate surface area is 124 Å². The lowest BCUT2D eigenvalue weighted by atomic mass is 9.95. The highest BCUT2D eigenvalue weighted by atomic mass is 16.5. The predicted octanol–water partition coefficient (Wildman–Crippen LogP) is 2.40. The number of hydrogen-bond donors (Lipinski definition) is 2. The molecule has 0 saturated carbocycles.